The summed E-state index contributed by atoms with van der Waals surface area (Å²) in [6, 6.07) is 5.17. The summed E-state index contributed by atoms with van der Waals surface area (Å²) in [6.45, 7) is 4.08. The van der Waals surface area contributed by atoms with Crippen LogP contribution in [0.1, 0.15) is 29.5 Å². The largest absolute Gasteiger partial charge is 0.410 e. The van der Waals surface area contributed by atoms with Gasteiger partial charge < -0.3 is 0 Å². The Labute approximate surface area is 99.0 Å². The van der Waals surface area contributed by atoms with Crippen LogP contribution in [0, 0.1) is 13.8 Å². The van der Waals surface area contributed by atoms with Crippen LogP contribution in [0.25, 0.3) is 0 Å². The van der Waals surface area contributed by atoms with E-state index in [1.54, 1.807) is 12.1 Å². The van der Waals surface area contributed by atoms with E-state index in [1.165, 1.54) is 0 Å². The molecule has 1 aromatic rings. The number of benzene rings is 1. The summed E-state index contributed by atoms with van der Waals surface area (Å²) in [6.07, 6.45) is -3.56. The average Bonchev–Trinajstić information content (AvgIpc) is 2.64. The van der Waals surface area contributed by atoms with Gasteiger partial charge in [0.2, 0.25) is 0 Å². The SMILES string of the molecule is Cc1cc(C)cc(C2(C(F)(F)F)CCCN2)c1. The van der Waals surface area contributed by atoms with Crippen molar-refractivity contribution in [2.45, 2.75) is 38.4 Å². The summed E-state index contributed by atoms with van der Waals surface area (Å²) in [7, 11) is 0. The van der Waals surface area contributed by atoms with Gasteiger partial charge in [-0.15, -0.1) is 0 Å². The highest BCUT2D eigenvalue weighted by atomic mass is 19.4. The van der Waals surface area contributed by atoms with Gasteiger partial charge in [0.05, 0.1) is 0 Å². The molecule has 1 aliphatic heterocycles. The summed E-state index contributed by atoms with van der Waals surface area (Å²) >= 11 is 0. The molecular formula is C13H16F3N. The third-order valence-electron chi connectivity index (χ3n) is 3.35. The summed E-state index contributed by atoms with van der Waals surface area (Å²) in [5.74, 6) is 0. The molecule has 2 rings (SSSR count). The van der Waals surface area contributed by atoms with Crippen LogP contribution < -0.4 is 5.32 Å². The fraction of sp³-hybridized carbons (Fsp3) is 0.538. The molecule has 1 aromatic carbocycles. The van der Waals surface area contributed by atoms with Crippen molar-refractivity contribution in [1.82, 2.24) is 5.32 Å². The van der Waals surface area contributed by atoms with Gasteiger partial charge in [0.15, 0.2) is 0 Å². The van der Waals surface area contributed by atoms with Crippen molar-refractivity contribution in [2.75, 3.05) is 6.54 Å². The maximum Gasteiger partial charge on any atom is 0.410 e. The topological polar surface area (TPSA) is 12.0 Å². The van der Waals surface area contributed by atoms with Crippen LogP contribution in [-0.2, 0) is 5.54 Å². The minimum atomic E-state index is -4.25. The highest BCUT2D eigenvalue weighted by Crippen LogP contribution is 2.45. The second-order valence-electron chi connectivity index (χ2n) is 4.81. The van der Waals surface area contributed by atoms with Crippen molar-refractivity contribution in [3.05, 3.63) is 34.9 Å². The normalized spacial score (nSPS) is 25.2. The predicted octanol–water partition coefficient (Wildman–Crippen LogP) is 3.44. The van der Waals surface area contributed by atoms with Crippen molar-refractivity contribution < 1.29 is 13.2 Å². The van der Waals surface area contributed by atoms with Crippen molar-refractivity contribution in [3.63, 3.8) is 0 Å². The molecule has 0 spiro atoms. The average molecular weight is 243 g/mol. The number of hydrogen-bond donors (Lipinski definition) is 1. The van der Waals surface area contributed by atoms with Crippen molar-refractivity contribution in [2.24, 2.45) is 0 Å². The van der Waals surface area contributed by atoms with E-state index in [4.69, 9.17) is 0 Å². The summed E-state index contributed by atoms with van der Waals surface area (Å²) in [4.78, 5) is 0. The van der Waals surface area contributed by atoms with Crippen LogP contribution in [0.4, 0.5) is 13.2 Å². The minimum Gasteiger partial charge on any atom is -0.300 e. The molecule has 0 bridgehead atoms. The van der Waals surface area contributed by atoms with Gasteiger partial charge in [-0.1, -0.05) is 29.3 Å². The molecule has 0 saturated carbocycles. The lowest BCUT2D eigenvalue weighted by Gasteiger charge is -2.33. The molecule has 1 atom stereocenters. The lowest BCUT2D eigenvalue weighted by molar-refractivity contribution is -0.196. The molecule has 1 aliphatic rings. The Bertz CT molecular complexity index is 397. The fourth-order valence-electron chi connectivity index (χ4n) is 2.62. The molecule has 0 aliphatic carbocycles. The second-order valence-corrected chi connectivity index (χ2v) is 4.81. The molecule has 0 aromatic heterocycles. The summed E-state index contributed by atoms with van der Waals surface area (Å²) in [5.41, 5.74) is 0.249. The number of nitrogens with one attached hydrogen (secondary N) is 1. The number of hydrogen-bond acceptors (Lipinski definition) is 1. The number of aryl methyl sites for hydroxylation is 2. The van der Waals surface area contributed by atoms with Gasteiger partial charge in [0.25, 0.3) is 0 Å². The quantitative estimate of drug-likeness (QED) is 0.796. The first-order valence-electron chi connectivity index (χ1n) is 5.76. The number of alkyl halides is 3. The molecule has 0 amide bonds. The van der Waals surface area contributed by atoms with E-state index >= 15 is 0 Å². The zero-order valence-corrected chi connectivity index (χ0v) is 9.99. The van der Waals surface area contributed by atoms with Gasteiger partial charge in [0.1, 0.15) is 5.54 Å². The van der Waals surface area contributed by atoms with Crippen molar-refractivity contribution in [3.8, 4) is 0 Å². The second kappa shape index (κ2) is 4.02. The number of halogens is 3. The molecule has 1 fully saturated rings. The van der Waals surface area contributed by atoms with Crippen LogP contribution in [0.3, 0.4) is 0 Å². The highest BCUT2D eigenvalue weighted by Gasteiger charge is 2.57. The van der Waals surface area contributed by atoms with Crippen LogP contribution in [0.2, 0.25) is 0 Å². The van der Waals surface area contributed by atoms with E-state index in [2.05, 4.69) is 5.32 Å². The Morgan fingerprint density at radius 3 is 2.12 bits per heavy atom. The summed E-state index contributed by atoms with van der Waals surface area (Å²) in [5, 5.41) is 2.66. The Hall–Kier alpha value is -1.03. The lowest BCUT2D eigenvalue weighted by atomic mass is 9.86. The van der Waals surface area contributed by atoms with Gasteiger partial charge >= 0.3 is 6.18 Å². The zero-order valence-electron chi connectivity index (χ0n) is 9.99. The van der Waals surface area contributed by atoms with Crippen LogP contribution in [0.5, 0.6) is 0 Å². The number of rotatable bonds is 1. The predicted molar refractivity (Wildman–Crippen MR) is 60.9 cm³/mol. The molecule has 17 heavy (non-hydrogen) atoms. The lowest BCUT2D eigenvalue weighted by Crippen LogP contribution is -2.50. The molecule has 4 heteroatoms. The molecule has 1 nitrogen and oxygen atoms in total. The Balaban J connectivity index is 2.53. The Morgan fingerprint density at radius 2 is 1.71 bits per heavy atom. The van der Waals surface area contributed by atoms with Gasteiger partial charge in [-0.05, 0) is 38.8 Å². The third-order valence-corrected chi connectivity index (χ3v) is 3.35. The van der Waals surface area contributed by atoms with Crippen LogP contribution >= 0.6 is 0 Å². The van der Waals surface area contributed by atoms with E-state index in [9.17, 15) is 13.2 Å². The molecule has 1 N–H and O–H groups in total. The van der Waals surface area contributed by atoms with Gasteiger partial charge in [0, 0.05) is 0 Å². The Morgan fingerprint density at radius 1 is 1.12 bits per heavy atom. The standard InChI is InChI=1S/C13H16F3N/c1-9-6-10(2)8-11(7-9)12(13(14,15)16)4-3-5-17-12/h6-8,17H,3-5H2,1-2H3. The Kier molecular flexibility index (Phi) is 2.94. The van der Waals surface area contributed by atoms with E-state index in [-0.39, 0.29) is 6.42 Å². The van der Waals surface area contributed by atoms with Crippen molar-refractivity contribution in [1.29, 1.82) is 0 Å². The minimum absolute atomic E-state index is 0.124. The van der Waals surface area contributed by atoms with E-state index in [1.807, 2.05) is 19.9 Å². The van der Waals surface area contributed by atoms with Gasteiger partial charge in [-0.25, -0.2) is 0 Å². The van der Waals surface area contributed by atoms with E-state index in [0.29, 0.717) is 18.5 Å². The van der Waals surface area contributed by atoms with Gasteiger partial charge in [-0.3, -0.25) is 5.32 Å². The molecule has 1 heterocycles. The highest BCUT2D eigenvalue weighted by molar-refractivity contribution is 5.35. The maximum atomic E-state index is 13.3. The first-order chi connectivity index (χ1) is 7.85. The molecular weight excluding hydrogens is 227 g/mol. The molecule has 1 saturated heterocycles. The third kappa shape index (κ3) is 2.06. The van der Waals surface area contributed by atoms with E-state index < -0.39 is 11.7 Å². The smallest absolute Gasteiger partial charge is 0.300 e. The maximum absolute atomic E-state index is 13.3. The molecule has 1 unspecified atom stereocenters. The monoisotopic (exact) mass is 243 g/mol. The first kappa shape index (κ1) is 12.4. The molecule has 0 radical (unpaired) electrons. The van der Waals surface area contributed by atoms with Crippen molar-refractivity contribution >= 4 is 0 Å². The fourth-order valence-corrected chi connectivity index (χ4v) is 2.62. The van der Waals surface area contributed by atoms with Crippen LogP contribution in [0.15, 0.2) is 18.2 Å². The summed E-state index contributed by atoms with van der Waals surface area (Å²) < 4.78 is 39.9. The van der Waals surface area contributed by atoms with Crippen LogP contribution in [-0.4, -0.2) is 12.7 Å². The molecule has 94 valence electrons. The first-order valence-corrected chi connectivity index (χ1v) is 5.76. The van der Waals surface area contributed by atoms with E-state index in [0.717, 1.165) is 11.1 Å². The van der Waals surface area contributed by atoms with Gasteiger partial charge in [-0.2, -0.15) is 13.2 Å². The zero-order chi connectivity index (χ0) is 12.7.